The predicted molar refractivity (Wildman–Crippen MR) is 68.4 cm³/mol. The van der Waals surface area contributed by atoms with E-state index in [4.69, 9.17) is 10.5 Å². The summed E-state index contributed by atoms with van der Waals surface area (Å²) in [6.45, 7) is 4.03. The van der Waals surface area contributed by atoms with Crippen molar-refractivity contribution in [2.45, 2.75) is 19.9 Å². The minimum absolute atomic E-state index is 0.224. The lowest BCUT2D eigenvalue weighted by Gasteiger charge is -2.15. The Bertz CT molecular complexity index is 511. The molecule has 17 heavy (non-hydrogen) atoms. The molecule has 0 bridgehead atoms. The summed E-state index contributed by atoms with van der Waals surface area (Å²) in [5.41, 5.74) is 10.2. The Labute approximate surface area is 105 Å². The van der Waals surface area contributed by atoms with Crippen molar-refractivity contribution in [1.82, 2.24) is 9.59 Å². The third-order valence-electron chi connectivity index (χ3n) is 2.81. The maximum Gasteiger partial charge on any atom is 0.122 e. The molecule has 0 aliphatic rings. The van der Waals surface area contributed by atoms with Gasteiger partial charge in [-0.1, -0.05) is 10.6 Å². The number of ether oxygens (including phenoxy) is 1. The third-order valence-corrected chi connectivity index (χ3v) is 3.34. The molecule has 1 atom stereocenters. The monoisotopic (exact) mass is 249 g/mol. The van der Waals surface area contributed by atoms with Crippen LogP contribution in [0.1, 0.15) is 28.4 Å². The summed E-state index contributed by atoms with van der Waals surface area (Å²) in [5, 5.41) is 5.90. The summed E-state index contributed by atoms with van der Waals surface area (Å²) in [5.74, 6) is 0.884. The van der Waals surface area contributed by atoms with E-state index in [0.29, 0.717) is 0 Å². The van der Waals surface area contributed by atoms with E-state index in [2.05, 4.69) is 15.7 Å². The second-order valence-corrected chi connectivity index (χ2v) is 4.60. The van der Waals surface area contributed by atoms with E-state index in [9.17, 15) is 0 Å². The minimum Gasteiger partial charge on any atom is -0.496 e. The molecule has 1 aromatic carbocycles. The molecule has 0 radical (unpaired) electrons. The third kappa shape index (κ3) is 2.30. The van der Waals surface area contributed by atoms with Crippen molar-refractivity contribution in [3.8, 4) is 5.75 Å². The van der Waals surface area contributed by atoms with Crippen molar-refractivity contribution >= 4 is 11.5 Å². The van der Waals surface area contributed by atoms with E-state index in [0.717, 1.165) is 28.1 Å². The number of nitrogens with zero attached hydrogens (tertiary/aromatic N) is 2. The highest BCUT2D eigenvalue weighted by Gasteiger charge is 2.15. The molecule has 1 heterocycles. The summed E-state index contributed by atoms with van der Waals surface area (Å²) < 4.78 is 9.13. The van der Waals surface area contributed by atoms with Crippen molar-refractivity contribution in [2.75, 3.05) is 7.11 Å². The standard InChI is InChI=1S/C12H15N3OS/c1-7-5-11(16-3)8(2)4-9(7)12(13)10-6-17-15-14-10/h4-6,12H,13H2,1-3H3. The van der Waals surface area contributed by atoms with Gasteiger partial charge in [-0.2, -0.15) is 0 Å². The van der Waals surface area contributed by atoms with Gasteiger partial charge in [0.2, 0.25) is 0 Å². The first-order chi connectivity index (χ1) is 8.13. The van der Waals surface area contributed by atoms with Crippen molar-refractivity contribution < 1.29 is 4.74 Å². The largest absolute Gasteiger partial charge is 0.496 e. The van der Waals surface area contributed by atoms with Crippen molar-refractivity contribution in [3.63, 3.8) is 0 Å². The number of benzene rings is 1. The van der Waals surface area contributed by atoms with Crippen LogP contribution in [0.5, 0.6) is 5.75 Å². The topological polar surface area (TPSA) is 61.0 Å². The number of aryl methyl sites for hydroxylation is 2. The van der Waals surface area contributed by atoms with E-state index in [1.54, 1.807) is 7.11 Å². The van der Waals surface area contributed by atoms with Crippen LogP contribution in [0.25, 0.3) is 0 Å². The highest BCUT2D eigenvalue weighted by atomic mass is 32.1. The number of hydrogen-bond donors (Lipinski definition) is 1. The Kier molecular flexibility index (Phi) is 3.40. The molecule has 5 heteroatoms. The van der Waals surface area contributed by atoms with Crippen LogP contribution in [0, 0.1) is 13.8 Å². The zero-order valence-corrected chi connectivity index (χ0v) is 10.9. The van der Waals surface area contributed by atoms with Crippen LogP contribution in [0.3, 0.4) is 0 Å². The summed E-state index contributed by atoms with van der Waals surface area (Å²) in [4.78, 5) is 0. The highest BCUT2D eigenvalue weighted by Crippen LogP contribution is 2.28. The molecule has 2 aromatic rings. The number of rotatable bonds is 3. The molecule has 4 nitrogen and oxygen atoms in total. The Morgan fingerprint density at radius 3 is 2.65 bits per heavy atom. The second-order valence-electron chi connectivity index (χ2n) is 3.99. The van der Waals surface area contributed by atoms with Crippen molar-refractivity contribution in [3.05, 3.63) is 39.9 Å². The zero-order chi connectivity index (χ0) is 12.4. The fraction of sp³-hybridized carbons (Fsp3) is 0.333. The quantitative estimate of drug-likeness (QED) is 0.906. The Hall–Kier alpha value is -1.46. The number of methoxy groups -OCH3 is 1. The molecule has 0 amide bonds. The first kappa shape index (κ1) is 12.0. The first-order valence-electron chi connectivity index (χ1n) is 5.31. The van der Waals surface area contributed by atoms with E-state index in [1.165, 1.54) is 11.5 Å². The van der Waals surface area contributed by atoms with E-state index >= 15 is 0 Å². The molecular weight excluding hydrogens is 234 g/mol. The maximum absolute atomic E-state index is 6.19. The van der Waals surface area contributed by atoms with E-state index in [-0.39, 0.29) is 6.04 Å². The van der Waals surface area contributed by atoms with Crippen LogP contribution >= 0.6 is 11.5 Å². The van der Waals surface area contributed by atoms with Crippen molar-refractivity contribution in [1.29, 1.82) is 0 Å². The fourth-order valence-electron chi connectivity index (χ4n) is 1.83. The summed E-state index contributed by atoms with van der Waals surface area (Å²) in [6.07, 6.45) is 0. The van der Waals surface area contributed by atoms with Gasteiger partial charge in [0.1, 0.15) is 5.75 Å². The molecule has 0 aliphatic heterocycles. The van der Waals surface area contributed by atoms with Gasteiger partial charge in [0.05, 0.1) is 18.8 Å². The van der Waals surface area contributed by atoms with Crippen LogP contribution in [-0.2, 0) is 0 Å². The molecule has 1 unspecified atom stereocenters. The lowest BCUT2D eigenvalue weighted by atomic mass is 9.97. The maximum atomic E-state index is 6.19. The molecule has 0 saturated carbocycles. The number of nitrogens with two attached hydrogens (primary N) is 1. The Balaban J connectivity index is 2.42. The van der Waals surface area contributed by atoms with Crippen LogP contribution < -0.4 is 10.5 Å². The van der Waals surface area contributed by atoms with Gasteiger partial charge < -0.3 is 10.5 Å². The zero-order valence-electron chi connectivity index (χ0n) is 10.1. The Morgan fingerprint density at radius 2 is 2.06 bits per heavy atom. The van der Waals surface area contributed by atoms with E-state index in [1.807, 2.05) is 25.3 Å². The number of aromatic nitrogens is 2. The van der Waals surface area contributed by atoms with Gasteiger partial charge in [0.25, 0.3) is 0 Å². The van der Waals surface area contributed by atoms with Crippen LogP contribution in [0.4, 0.5) is 0 Å². The normalized spacial score (nSPS) is 12.5. The fourth-order valence-corrected chi connectivity index (χ4v) is 2.32. The lowest BCUT2D eigenvalue weighted by Crippen LogP contribution is -2.14. The molecule has 90 valence electrons. The average Bonchev–Trinajstić information content (AvgIpc) is 2.84. The van der Waals surface area contributed by atoms with Crippen LogP contribution in [-0.4, -0.2) is 16.7 Å². The highest BCUT2D eigenvalue weighted by molar-refractivity contribution is 7.03. The minimum atomic E-state index is -0.224. The van der Waals surface area contributed by atoms with Crippen LogP contribution in [0.2, 0.25) is 0 Å². The van der Waals surface area contributed by atoms with Gasteiger partial charge in [-0.3, -0.25) is 0 Å². The molecule has 0 saturated heterocycles. The lowest BCUT2D eigenvalue weighted by molar-refractivity contribution is 0.411. The molecular formula is C12H15N3OS. The van der Waals surface area contributed by atoms with Gasteiger partial charge in [-0.05, 0) is 48.1 Å². The van der Waals surface area contributed by atoms with Gasteiger partial charge in [0, 0.05) is 5.38 Å². The molecule has 0 aliphatic carbocycles. The second kappa shape index (κ2) is 4.81. The van der Waals surface area contributed by atoms with Gasteiger partial charge in [-0.25, -0.2) is 0 Å². The smallest absolute Gasteiger partial charge is 0.122 e. The number of hydrogen-bond acceptors (Lipinski definition) is 5. The predicted octanol–water partition coefficient (Wildman–Crippen LogP) is 2.21. The Morgan fingerprint density at radius 1 is 1.29 bits per heavy atom. The summed E-state index contributed by atoms with van der Waals surface area (Å²) in [6, 6.07) is 3.83. The molecule has 2 rings (SSSR count). The molecule has 0 spiro atoms. The van der Waals surface area contributed by atoms with Crippen molar-refractivity contribution in [2.24, 2.45) is 5.73 Å². The van der Waals surface area contributed by atoms with Gasteiger partial charge >= 0.3 is 0 Å². The summed E-state index contributed by atoms with van der Waals surface area (Å²) >= 11 is 1.31. The van der Waals surface area contributed by atoms with E-state index < -0.39 is 0 Å². The van der Waals surface area contributed by atoms with Gasteiger partial charge in [0.15, 0.2) is 0 Å². The average molecular weight is 249 g/mol. The first-order valence-corrected chi connectivity index (χ1v) is 6.14. The SMILES string of the molecule is COc1cc(C)c(C(N)c2csnn2)cc1C. The van der Waals surface area contributed by atoms with Gasteiger partial charge in [-0.15, -0.1) is 5.10 Å². The molecule has 1 aromatic heterocycles. The van der Waals surface area contributed by atoms with Crippen LogP contribution in [0.15, 0.2) is 17.5 Å². The molecule has 0 fully saturated rings. The molecule has 2 N–H and O–H groups in total. The summed E-state index contributed by atoms with van der Waals surface area (Å²) in [7, 11) is 1.67.